The molecule has 0 fully saturated rings. The number of methoxy groups -OCH3 is 1. The molecule has 2 unspecified atom stereocenters. The molecule has 0 aliphatic rings. The van der Waals surface area contributed by atoms with Gasteiger partial charge in [0.15, 0.2) is 0 Å². The standard InChI is InChI=1S/C16H28N2O2/c1-5-10-20-15-8-6-14(7-9-15)16(17)11-18(3)13(2)12-19-4/h6-9,13,16H,5,10-12,17H2,1-4H3. The third kappa shape index (κ3) is 5.49. The maximum Gasteiger partial charge on any atom is 0.119 e. The molecule has 0 aliphatic heterocycles. The van der Waals surface area contributed by atoms with Crippen molar-refractivity contribution in [2.75, 3.05) is 33.9 Å². The highest BCUT2D eigenvalue weighted by Gasteiger charge is 2.14. The lowest BCUT2D eigenvalue weighted by Gasteiger charge is -2.27. The summed E-state index contributed by atoms with van der Waals surface area (Å²) in [5.41, 5.74) is 7.39. The summed E-state index contributed by atoms with van der Waals surface area (Å²) < 4.78 is 10.7. The lowest BCUT2D eigenvalue weighted by Crippen LogP contribution is -2.37. The first-order valence-corrected chi connectivity index (χ1v) is 7.26. The molecule has 0 saturated heterocycles. The van der Waals surface area contributed by atoms with Crippen LogP contribution < -0.4 is 10.5 Å². The predicted molar refractivity (Wildman–Crippen MR) is 83.1 cm³/mol. The summed E-state index contributed by atoms with van der Waals surface area (Å²) in [6, 6.07) is 8.43. The van der Waals surface area contributed by atoms with Crippen molar-refractivity contribution >= 4 is 0 Å². The molecule has 2 N–H and O–H groups in total. The molecule has 4 nitrogen and oxygen atoms in total. The molecule has 20 heavy (non-hydrogen) atoms. The van der Waals surface area contributed by atoms with Gasteiger partial charge in [-0.2, -0.15) is 0 Å². The van der Waals surface area contributed by atoms with E-state index < -0.39 is 0 Å². The SMILES string of the molecule is CCCOc1ccc(C(N)CN(C)C(C)COC)cc1. The molecule has 1 aromatic carbocycles. The third-order valence-electron chi connectivity index (χ3n) is 3.43. The summed E-state index contributed by atoms with van der Waals surface area (Å²) >= 11 is 0. The normalized spacial score (nSPS) is 14.3. The fourth-order valence-electron chi connectivity index (χ4n) is 2.00. The average molecular weight is 280 g/mol. The summed E-state index contributed by atoms with van der Waals surface area (Å²) in [7, 11) is 3.79. The molecule has 0 radical (unpaired) electrons. The number of benzene rings is 1. The van der Waals surface area contributed by atoms with Crippen LogP contribution in [-0.2, 0) is 4.74 Å². The topological polar surface area (TPSA) is 47.7 Å². The summed E-state index contributed by atoms with van der Waals surface area (Å²) in [6.45, 7) is 6.51. The molecule has 1 aromatic rings. The number of rotatable bonds is 9. The lowest BCUT2D eigenvalue weighted by molar-refractivity contribution is 0.112. The predicted octanol–water partition coefficient (Wildman–Crippen LogP) is 2.44. The van der Waals surface area contributed by atoms with Gasteiger partial charge in [0.25, 0.3) is 0 Å². The number of ether oxygens (including phenoxy) is 2. The Morgan fingerprint density at radius 2 is 1.90 bits per heavy atom. The van der Waals surface area contributed by atoms with E-state index in [1.165, 1.54) is 0 Å². The average Bonchev–Trinajstić information content (AvgIpc) is 2.45. The molecular formula is C16H28N2O2. The molecule has 0 saturated carbocycles. The largest absolute Gasteiger partial charge is 0.494 e. The highest BCUT2D eigenvalue weighted by atomic mass is 16.5. The summed E-state index contributed by atoms with van der Waals surface area (Å²) in [6.07, 6.45) is 1.02. The van der Waals surface area contributed by atoms with Gasteiger partial charge in [-0.15, -0.1) is 0 Å². The fraction of sp³-hybridized carbons (Fsp3) is 0.625. The van der Waals surface area contributed by atoms with E-state index in [-0.39, 0.29) is 6.04 Å². The number of hydrogen-bond donors (Lipinski definition) is 1. The van der Waals surface area contributed by atoms with Crippen LogP contribution in [0.15, 0.2) is 24.3 Å². The smallest absolute Gasteiger partial charge is 0.119 e. The van der Waals surface area contributed by atoms with Gasteiger partial charge < -0.3 is 15.2 Å². The van der Waals surface area contributed by atoms with Crippen molar-refractivity contribution in [2.45, 2.75) is 32.4 Å². The highest BCUT2D eigenvalue weighted by molar-refractivity contribution is 5.29. The van der Waals surface area contributed by atoms with Crippen LogP contribution in [0.25, 0.3) is 0 Å². The number of nitrogens with two attached hydrogens (primary N) is 1. The van der Waals surface area contributed by atoms with Crippen molar-refractivity contribution in [1.82, 2.24) is 4.90 Å². The van der Waals surface area contributed by atoms with Crippen LogP contribution in [0.2, 0.25) is 0 Å². The van der Waals surface area contributed by atoms with Crippen molar-refractivity contribution in [1.29, 1.82) is 0 Å². The Bertz CT molecular complexity index is 367. The zero-order valence-electron chi connectivity index (χ0n) is 13.1. The monoisotopic (exact) mass is 280 g/mol. The van der Waals surface area contributed by atoms with Gasteiger partial charge in [0, 0.05) is 25.7 Å². The van der Waals surface area contributed by atoms with Gasteiger partial charge in [-0.1, -0.05) is 19.1 Å². The zero-order chi connectivity index (χ0) is 15.0. The van der Waals surface area contributed by atoms with Crippen LogP contribution in [0.1, 0.15) is 31.9 Å². The second kappa shape index (κ2) is 8.95. The molecule has 0 aromatic heterocycles. The van der Waals surface area contributed by atoms with Gasteiger partial charge in [-0.25, -0.2) is 0 Å². The molecule has 0 amide bonds. The van der Waals surface area contributed by atoms with Crippen molar-refractivity contribution < 1.29 is 9.47 Å². The molecule has 0 spiro atoms. The minimum absolute atomic E-state index is 0.000434. The van der Waals surface area contributed by atoms with Gasteiger partial charge in [-0.05, 0) is 38.1 Å². The lowest BCUT2D eigenvalue weighted by atomic mass is 10.1. The van der Waals surface area contributed by atoms with Crippen molar-refractivity contribution in [2.24, 2.45) is 5.73 Å². The quantitative estimate of drug-likeness (QED) is 0.755. The van der Waals surface area contributed by atoms with E-state index in [1.807, 2.05) is 24.3 Å². The Hall–Kier alpha value is -1.10. The Labute approximate surface area is 122 Å². The van der Waals surface area contributed by atoms with Crippen LogP contribution >= 0.6 is 0 Å². The Morgan fingerprint density at radius 1 is 1.25 bits per heavy atom. The van der Waals surface area contributed by atoms with Crippen LogP contribution in [0, 0.1) is 0 Å². The highest BCUT2D eigenvalue weighted by Crippen LogP contribution is 2.17. The first-order valence-electron chi connectivity index (χ1n) is 7.26. The summed E-state index contributed by atoms with van der Waals surface area (Å²) in [5, 5.41) is 0. The van der Waals surface area contributed by atoms with Crippen LogP contribution in [-0.4, -0.2) is 44.9 Å². The van der Waals surface area contributed by atoms with Gasteiger partial charge in [0.2, 0.25) is 0 Å². The fourth-order valence-corrected chi connectivity index (χ4v) is 2.00. The van der Waals surface area contributed by atoms with E-state index in [0.29, 0.717) is 12.6 Å². The maximum absolute atomic E-state index is 6.26. The second-order valence-electron chi connectivity index (χ2n) is 5.27. The minimum Gasteiger partial charge on any atom is -0.494 e. The molecule has 4 heteroatoms. The number of likely N-dealkylation sites (N-methyl/N-ethyl adjacent to an activating group) is 1. The van der Waals surface area contributed by atoms with E-state index in [9.17, 15) is 0 Å². The molecule has 0 bridgehead atoms. The third-order valence-corrected chi connectivity index (χ3v) is 3.43. The van der Waals surface area contributed by atoms with Crippen molar-refractivity contribution in [3.8, 4) is 5.75 Å². The van der Waals surface area contributed by atoms with E-state index in [1.54, 1.807) is 7.11 Å². The minimum atomic E-state index is -0.000434. The Kier molecular flexibility index (Phi) is 7.59. The van der Waals surface area contributed by atoms with E-state index >= 15 is 0 Å². The van der Waals surface area contributed by atoms with Crippen molar-refractivity contribution in [3.63, 3.8) is 0 Å². The molecular weight excluding hydrogens is 252 g/mol. The molecule has 2 atom stereocenters. The first-order chi connectivity index (χ1) is 9.58. The van der Waals surface area contributed by atoms with Crippen LogP contribution in [0.4, 0.5) is 0 Å². The summed E-state index contributed by atoms with van der Waals surface area (Å²) in [5.74, 6) is 0.906. The number of nitrogens with zero attached hydrogens (tertiary/aromatic N) is 1. The molecule has 0 aliphatic carbocycles. The molecule has 0 heterocycles. The summed E-state index contributed by atoms with van der Waals surface area (Å²) in [4.78, 5) is 2.22. The van der Waals surface area contributed by atoms with E-state index in [2.05, 4.69) is 25.8 Å². The first kappa shape index (κ1) is 17.0. The molecule has 114 valence electrons. The maximum atomic E-state index is 6.26. The Morgan fingerprint density at radius 3 is 2.45 bits per heavy atom. The second-order valence-corrected chi connectivity index (χ2v) is 5.27. The van der Waals surface area contributed by atoms with Gasteiger partial charge >= 0.3 is 0 Å². The number of hydrogen-bond acceptors (Lipinski definition) is 4. The zero-order valence-corrected chi connectivity index (χ0v) is 13.1. The van der Waals surface area contributed by atoms with Gasteiger partial charge in [-0.3, -0.25) is 4.90 Å². The van der Waals surface area contributed by atoms with E-state index in [4.69, 9.17) is 15.2 Å². The van der Waals surface area contributed by atoms with E-state index in [0.717, 1.165) is 30.9 Å². The van der Waals surface area contributed by atoms with Gasteiger partial charge in [0.05, 0.1) is 13.2 Å². The molecule has 1 rings (SSSR count). The van der Waals surface area contributed by atoms with Crippen LogP contribution in [0.5, 0.6) is 5.75 Å². The van der Waals surface area contributed by atoms with Crippen molar-refractivity contribution in [3.05, 3.63) is 29.8 Å². The Balaban J connectivity index is 2.52. The van der Waals surface area contributed by atoms with Crippen LogP contribution in [0.3, 0.4) is 0 Å². The van der Waals surface area contributed by atoms with Gasteiger partial charge in [0.1, 0.15) is 5.75 Å².